The van der Waals surface area contributed by atoms with Crippen LogP contribution in [0.3, 0.4) is 0 Å². The smallest absolute Gasteiger partial charge is 0.300 e. The fraction of sp³-hybridized carbons (Fsp3) is 0.875. The highest BCUT2D eigenvalue weighted by Crippen LogP contribution is 2.11. The van der Waals surface area contributed by atoms with Crippen molar-refractivity contribution in [1.82, 2.24) is 5.32 Å². The molecule has 1 saturated heterocycles. The SMILES string of the molecule is CC(=O)O.COC1CNCC(S(N)(=O)=O)C1. The van der Waals surface area contributed by atoms with E-state index in [2.05, 4.69) is 5.32 Å². The van der Waals surface area contributed by atoms with Gasteiger partial charge in [0.2, 0.25) is 10.0 Å². The number of carboxylic acid groups (broad SMARTS) is 1. The zero-order valence-electron chi connectivity index (χ0n) is 9.34. The van der Waals surface area contributed by atoms with Gasteiger partial charge in [0.1, 0.15) is 0 Å². The number of nitrogens with one attached hydrogen (secondary N) is 1. The van der Waals surface area contributed by atoms with E-state index in [9.17, 15) is 8.42 Å². The van der Waals surface area contributed by atoms with Crippen molar-refractivity contribution >= 4 is 16.0 Å². The van der Waals surface area contributed by atoms with E-state index in [4.69, 9.17) is 19.8 Å². The first-order valence-corrected chi connectivity index (χ1v) is 6.33. The van der Waals surface area contributed by atoms with Gasteiger partial charge in [-0.15, -0.1) is 0 Å². The fourth-order valence-electron chi connectivity index (χ4n) is 1.30. The van der Waals surface area contributed by atoms with Crippen LogP contribution in [0.4, 0.5) is 0 Å². The Labute approximate surface area is 95.0 Å². The highest BCUT2D eigenvalue weighted by Gasteiger charge is 2.28. The molecule has 96 valence electrons. The molecule has 0 bridgehead atoms. The Kier molecular flexibility index (Phi) is 6.49. The molecule has 0 aromatic rings. The van der Waals surface area contributed by atoms with E-state index in [1.54, 1.807) is 7.11 Å². The highest BCUT2D eigenvalue weighted by molar-refractivity contribution is 7.89. The molecular formula is C8H18N2O5S. The van der Waals surface area contributed by atoms with Gasteiger partial charge in [-0.1, -0.05) is 0 Å². The van der Waals surface area contributed by atoms with Gasteiger partial charge in [0.05, 0.1) is 11.4 Å². The summed E-state index contributed by atoms with van der Waals surface area (Å²) in [6.45, 7) is 2.21. The summed E-state index contributed by atoms with van der Waals surface area (Å²) in [5.41, 5.74) is 0. The van der Waals surface area contributed by atoms with Crippen molar-refractivity contribution in [3.05, 3.63) is 0 Å². The number of aliphatic carboxylic acids is 1. The first kappa shape index (κ1) is 15.3. The van der Waals surface area contributed by atoms with Crippen LogP contribution in [0.25, 0.3) is 0 Å². The maximum absolute atomic E-state index is 10.9. The number of sulfonamides is 1. The van der Waals surface area contributed by atoms with E-state index in [0.29, 0.717) is 19.5 Å². The van der Waals surface area contributed by atoms with Gasteiger partial charge in [-0.2, -0.15) is 0 Å². The number of hydrogen-bond acceptors (Lipinski definition) is 5. The van der Waals surface area contributed by atoms with Gasteiger partial charge in [0.25, 0.3) is 5.97 Å². The molecule has 0 radical (unpaired) electrons. The lowest BCUT2D eigenvalue weighted by Crippen LogP contribution is -2.48. The molecule has 0 amide bonds. The van der Waals surface area contributed by atoms with Gasteiger partial charge in [0, 0.05) is 27.1 Å². The number of methoxy groups -OCH3 is 1. The van der Waals surface area contributed by atoms with E-state index in [0.717, 1.165) is 6.92 Å². The number of nitrogens with two attached hydrogens (primary N) is 1. The summed E-state index contributed by atoms with van der Waals surface area (Å²) in [4.78, 5) is 9.00. The van der Waals surface area contributed by atoms with Crippen LogP contribution in [0.5, 0.6) is 0 Å². The second kappa shape index (κ2) is 6.79. The molecule has 0 aromatic heterocycles. The summed E-state index contributed by atoms with van der Waals surface area (Å²) in [5.74, 6) is -0.833. The number of rotatable bonds is 2. The van der Waals surface area contributed by atoms with Crippen LogP contribution in [-0.4, -0.2) is 51.0 Å². The lowest BCUT2D eigenvalue weighted by atomic mass is 10.1. The van der Waals surface area contributed by atoms with Crippen molar-refractivity contribution in [3.8, 4) is 0 Å². The van der Waals surface area contributed by atoms with E-state index in [-0.39, 0.29) is 6.10 Å². The number of hydrogen-bond donors (Lipinski definition) is 3. The normalized spacial score (nSPS) is 25.4. The molecular weight excluding hydrogens is 236 g/mol. The predicted molar refractivity (Wildman–Crippen MR) is 58.5 cm³/mol. The van der Waals surface area contributed by atoms with E-state index < -0.39 is 21.2 Å². The molecule has 0 saturated carbocycles. The van der Waals surface area contributed by atoms with Gasteiger partial charge in [0.15, 0.2) is 0 Å². The van der Waals surface area contributed by atoms with Crippen LogP contribution in [-0.2, 0) is 19.6 Å². The van der Waals surface area contributed by atoms with E-state index >= 15 is 0 Å². The Morgan fingerprint density at radius 1 is 1.50 bits per heavy atom. The third-order valence-corrected chi connectivity index (χ3v) is 3.36. The Bertz CT molecular complexity index is 312. The molecule has 16 heavy (non-hydrogen) atoms. The molecule has 1 aliphatic rings. The van der Waals surface area contributed by atoms with Crippen LogP contribution >= 0.6 is 0 Å². The molecule has 2 unspecified atom stereocenters. The van der Waals surface area contributed by atoms with Gasteiger partial charge < -0.3 is 15.2 Å². The Balaban J connectivity index is 0.000000487. The maximum Gasteiger partial charge on any atom is 0.300 e. The molecule has 0 aromatic carbocycles. The second-order valence-corrected chi connectivity index (χ2v) is 5.33. The van der Waals surface area contributed by atoms with Gasteiger partial charge in [-0.25, -0.2) is 13.6 Å². The number of carboxylic acids is 1. The van der Waals surface area contributed by atoms with Crippen molar-refractivity contribution in [2.75, 3.05) is 20.2 Å². The standard InChI is InChI=1S/C6H14N2O3S.C2H4O2/c1-11-5-2-6(4-8-3-5)12(7,9)10;1-2(3)4/h5-6,8H,2-4H2,1H3,(H2,7,9,10);1H3,(H,3,4). The summed E-state index contributed by atoms with van der Waals surface area (Å²) in [5, 5.41) is 14.9. The highest BCUT2D eigenvalue weighted by atomic mass is 32.2. The number of carbonyl (C=O) groups is 1. The van der Waals surface area contributed by atoms with Crippen molar-refractivity contribution < 1.29 is 23.1 Å². The Morgan fingerprint density at radius 3 is 2.38 bits per heavy atom. The molecule has 0 aliphatic carbocycles. The van der Waals surface area contributed by atoms with Crippen molar-refractivity contribution in [2.24, 2.45) is 5.14 Å². The second-order valence-electron chi connectivity index (χ2n) is 3.48. The average Bonchev–Trinajstić information content (AvgIpc) is 2.16. The molecule has 7 nitrogen and oxygen atoms in total. The average molecular weight is 254 g/mol. The van der Waals surface area contributed by atoms with Crippen LogP contribution in [0.15, 0.2) is 0 Å². The van der Waals surface area contributed by atoms with Crippen LogP contribution in [0.1, 0.15) is 13.3 Å². The fourth-order valence-corrected chi connectivity index (χ4v) is 2.13. The lowest BCUT2D eigenvalue weighted by Gasteiger charge is -2.27. The Morgan fingerprint density at radius 2 is 2.00 bits per heavy atom. The quantitative estimate of drug-likeness (QED) is 0.566. The van der Waals surface area contributed by atoms with Crippen LogP contribution in [0.2, 0.25) is 0 Å². The van der Waals surface area contributed by atoms with Crippen molar-refractivity contribution in [3.63, 3.8) is 0 Å². The molecule has 2 atom stereocenters. The molecule has 1 rings (SSSR count). The minimum atomic E-state index is -3.41. The molecule has 8 heteroatoms. The molecule has 1 heterocycles. The lowest BCUT2D eigenvalue weighted by molar-refractivity contribution is -0.134. The van der Waals surface area contributed by atoms with Gasteiger partial charge in [-0.3, -0.25) is 4.79 Å². The summed E-state index contributed by atoms with van der Waals surface area (Å²) in [7, 11) is -1.84. The third kappa shape index (κ3) is 6.72. The zero-order valence-corrected chi connectivity index (χ0v) is 10.2. The minimum Gasteiger partial charge on any atom is -0.481 e. The van der Waals surface area contributed by atoms with E-state index in [1.807, 2.05) is 0 Å². The first-order valence-electron chi connectivity index (χ1n) is 4.72. The summed E-state index contributed by atoms with van der Waals surface area (Å²) < 4.78 is 26.9. The van der Waals surface area contributed by atoms with Gasteiger partial charge in [-0.05, 0) is 6.42 Å². The van der Waals surface area contributed by atoms with E-state index in [1.165, 1.54) is 0 Å². The summed E-state index contributed by atoms with van der Waals surface area (Å²) in [6, 6.07) is 0. The molecule has 1 aliphatic heterocycles. The topological polar surface area (TPSA) is 119 Å². The van der Waals surface area contributed by atoms with Crippen molar-refractivity contribution in [2.45, 2.75) is 24.7 Å². The molecule has 4 N–H and O–H groups in total. The van der Waals surface area contributed by atoms with Crippen LogP contribution in [0, 0.1) is 0 Å². The summed E-state index contributed by atoms with van der Waals surface area (Å²) >= 11 is 0. The van der Waals surface area contributed by atoms with Gasteiger partial charge >= 0.3 is 0 Å². The zero-order chi connectivity index (χ0) is 12.8. The number of primary sulfonamides is 1. The van der Waals surface area contributed by atoms with Crippen molar-refractivity contribution in [1.29, 1.82) is 0 Å². The summed E-state index contributed by atoms with van der Waals surface area (Å²) in [6.07, 6.45) is 0.449. The first-order chi connectivity index (χ1) is 7.27. The number of piperidine rings is 1. The number of ether oxygens (including phenoxy) is 1. The van der Waals surface area contributed by atoms with Crippen LogP contribution < -0.4 is 10.5 Å². The molecule has 1 fully saturated rings. The largest absolute Gasteiger partial charge is 0.481 e. The maximum atomic E-state index is 10.9. The third-order valence-electron chi connectivity index (χ3n) is 2.07. The Hall–Kier alpha value is -0.700. The minimum absolute atomic E-state index is 0.0397. The monoisotopic (exact) mass is 254 g/mol. The molecule has 0 spiro atoms. The predicted octanol–water partition coefficient (Wildman–Crippen LogP) is -1.26.